The van der Waals surface area contributed by atoms with Crippen molar-refractivity contribution in [3.05, 3.63) is 135 Å². The maximum absolute atomic E-state index is 13.7. The van der Waals surface area contributed by atoms with Crippen LogP contribution in [-0.4, -0.2) is 25.1 Å². The van der Waals surface area contributed by atoms with Gasteiger partial charge in [0.25, 0.3) is 5.56 Å². The Balaban J connectivity index is 1.33. The number of ketones is 1. The van der Waals surface area contributed by atoms with Crippen LogP contribution in [0.25, 0.3) is 16.5 Å². The van der Waals surface area contributed by atoms with E-state index in [9.17, 15) is 18.4 Å². The molecule has 194 valence electrons. The monoisotopic (exact) mass is 522 g/mol. The highest BCUT2D eigenvalue weighted by molar-refractivity contribution is 6.00. The van der Waals surface area contributed by atoms with Crippen LogP contribution in [0.1, 0.15) is 45.4 Å². The fourth-order valence-electron chi connectivity index (χ4n) is 5.17. The maximum Gasteiger partial charge on any atom is 0.261 e. The molecule has 0 radical (unpaired) electrons. The molecule has 6 nitrogen and oxygen atoms in total. The van der Waals surface area contributed by atoms with Gasteiger partial charge < -0.3 is 4.57 Å². The molecule has 0 spiro atoms. The average molecular weight is 523 g/mol. The third-order valence-corrected chi connectivity index (χ3v) is 7.10. The molecule has 5 aromatic rings. The molecule has 0 unspecified atom stereocenters. The molecule has 2 aromatic carbocycles. The third-order valence-electron chi connectivity index (χ3n) is 7.10. The van der Waals surface area contributed by atoms with E-state index in [0.717, 1.165) is 51.9 Å². The molecule has 8 heteroatoms. The highest BCUT2D eigenvalue weighted by Gasteiger charge is 2.21. The van der Waals surface area contributed by atoms with Crippen LogP contribution in [0.15, 0.2) is 83.9 Å². The zero-order valence-electron chi connectivity index (χ0n) is 21.2. The molecule has 39 heavy (non-hydrogen) atoms. The van der Waals surface area contributed by atoms with E-state index in [1.807, 2.05) is 23.7 Å². The third kappa shape index (κ3) is 4.48. The maximum atomic E-state index is 13.7. The summed E-state index contributed by atoms with van der Waals surface area (Å²) in [5.74, 6) is -2.30. The average Bonchev–Trinajstić information content (AvgIpc) is 3.53. The summed E-state index contributed by atoms with van der Waals surface area (Å²) in [5.41, 5.74) is 5.72. The van der Waals surface area contributed by atoms with Gasteiger partial charge in [0.2, 0.25) is 0 Å². The van der Waals surface area contributed by atoms with E-state index in [1.165, 1.54) is 22.9 Å². The summed E-state index contributed by atoms with van der Waals surface area (Å²) in [6.45, 7) is 2.63. The summed E-state index contributed by atoms with van der Waals surface area (Å²) in [5, 5.41) is 5.56. The number of nitrogens with zero attached hydrogens (tertiary/aromatic N) is 4. The summed E-state index contributed by atoms with van der Waals surface area (Å²) in [4.78, 5) is 31.0. The SMILES string of the molecule is CCn1nc(CC(=O)c2cccn(Cc3ccc(F)c(F)c3)c2=O)c2cc(C3=CCc4ncccc43)ccc21. The zero-order valence-corrected chi connectivity index (χ0v) is 21.2. The number of fused-ring (bicyclic) bond motifs is 2. The molecule has 0 N–H and O–H groups in total. The second-order valence-corrected chi connectivity index (χ2v) is 9.52. The Kier molecular flexibility index (Phi) is 6.23. The van der Waals surface area contributed by atoms with Crippen LogP contribution in [0.5, 0.6) is 0 Å². The van der Waals surface area contributed by atoms with Gasteiger partial charge >= 0.3 is 0 Å². The molecule has 0 saturated carbocycles. The number of hydrogen-bond donors (Lipinski definition) is 0. The van der Waals surface area contributed by atoms with Crippen LogP contribution in [0, 0.1) is 11.6 Å². The van der Waals surface area contributed by atoms with Crippen LogP contribution in [-0.2, 0) is 25.9 Å². The first-order chi connectivity index (χ1) is 18.9. The number of carbonyl (C=O) groups is 1. The van der Waals surface area contributed by atoms with Crippen molar-refractivity contribution < 1.29 is 13.6 Å². The lowest BCUT2D eigenvalue weighted by molar-refractivity contribution is 0.0990. The Hall–Kier alpha value is -4.72. The topological polar surface area (TPSA) is 69.8 Å². The minimum Gasteiger partial charge on any atom is -0.310 e. The van der Waals surface area contributed by atoms with E-state index in [1.54, 1.807) is 12.3 Å². The molecule has 0 saturated heterocycles. The Morgan fingerprint density at radius 1 is 1.03 bits per heavy atom. The van der Waals surface area contributed by atoms with Gasteiger partial charge in [-0.3, -0.25) is 19.3 Å². The van der Waals surface area contributed by atoms with Gasteiger partial charge in [-0.25, -0.2) is 8.78 Å². The van der Waals surface area contributed by atoms with Crippen LogP contribution in [0.2, 0.25) is 0 Å². The minimum atomic E-state index is -0.987. The first-order valence-electron chi connectivity index (χ1n) is 12.7. The standard InChI is InChI=1S/C31H24F2N4O2/c1-2-37-29-12-8-20(21-9-11-27-22(21)5-3-13-34-27)16-24(29)28(35-37)17-30(38)23-6-4-14-36(31(23)39)18-19-7-10-25(32)26(33)15-19/h3-10,12-16H,2,11,17-18H2,1H3. The smallest absolute Gasteiger partial charge is 0.261 e. The van der Waals surface area contributed by atoms with Gasteiger partial charge in [-0.2, -0.15) is 5.10 Å². The lowest BCUT2D eigenvalue weighted by atomic mass is 9.98. The summed E-state index contributed by atoms with van der Waals surface area (Å²) < 4.78 is 30.1. The van der Waals surface area contributed by atoms with Crippen molar-refractivity contribution in [3.63, 3.8) is 0 Å². The predicted molar refractivity (Wildman–Crippen MR) is 145 cm³/mol. The number of Topliss-reactive ketones (excluding diaryl/α,β-unsaturated/α-hetero) is 1. The van der Waals surface area contributed by atoms with Crippen LogP contribution in [0.4, 0.5) is 8.78 Å². The molecule has 1 aliphatic rings. The fourth-order valence-corrected chi connectivity index (χ4v) is 5.17. The van der Waals surface area contributed by atoms with Gasteiger partial charge in [0.05, 0.1) is 35.4 Å². The van der Waals surface area contributed by atoms with E-state index < -0.39 is 17.2 Å². The quantitative estimate of drug-likeness (QED) is 0.270. The number of hydrogen-bond acceptors (Lipinski definition) is 4. The van der Waals surface area contributed by atoms with Crippen LogP contribution >= 0.6 is 0 Å². The first kappa shape index (κ1) is 24.6. The summed E-state index contributed by atoms with van der Waals surface area (Å²) >= 11 is 0. The molecular formula is C31H24F2N4O2. The molecule has 0 bridgehead atoms. The molecule has 3 heterocycles. The lowest BCUT2D eigenvalue weighted by Crippen LogP contribution is -2.27. The Bertz CT molecular complexity index is 1850. The van der Waals surface area contributed by atoms with Gasteiger partial charge in [0, 0.05) is 36.3 Å². The Labute approximate surface area is 222 Å². The molecule has 6 rings (SSSR count). The molecular weight excluding hydrogens is 498 g/mol. The van der Waals surface area contributed by atoms with E-state index in [0.29, 0.717) is 17.8 Å². The van der Waals surface area contributed by atoms with Crippen molar-refractivity contribution in [3.8, 4) is 0 Å². The lowest BCUT2D eigenvalue weighted by Gasteiger charge is -2.08. The molecule has 1 aliphatic carbocycles. The number of carbonyl (C=O) groups excluding carboxylic acids is 1. The summed E-state index contributed by atoms with van der Waals surface area (Å²) in [6.07, 6.45) is 6.20. The van der Waals surface area contributed by atoms with Crippen LogP contribution < -0.4 is 5.56 Å². The van der Waals surface area contributed by atoms with Gasteiger partial charge in [-0.15, -0.1) is 0 Å². The zero-order chi connectivity index (χ0) is 27.1. The number of allylic oxidation sites excluding steroid dienone is 1. The van der Waals surface area contributed by atoms with Gasteiger partial charge in [0.1, 0.15) is 0 Å². The minimum absolute atomic E-state index is 0.0132. The van der Waals surface area contributed by atoms with E-state index in [-0.39, 0.29) is 24.3 Å². The number of halogens is 2. The largest absolute Gasteiger partial charge is 0.310 e. The molecule has 3 aromatic heterocycles. The molecule has 0 fully saturated rings. The number of aryl methyl sites for hydroxylation is 1. The molecule has 0 amide bonds. The number of aromatic nitrogens is 4. The molecule has 0 aliphatic heterocycles. The van der Waals surface area contributed by atoms with Gasteiger partial charge in [-0.05, 0) is 66.1 Å². The Morgan fingerprint density at radius 2 is 1.90 bits per heavy atom. The van der Waals surface area contributed by atoms with Crippen molar-refractivity contribution in [1.82, 2.24) is 19.3 Å². The highest BCUT2D eigenvalue weighted by atomic mass is 19.2. The summed E-state index contributed by atoms with van der Waals surface area (Å²) in [7, 11) is 0. The van der Waals surface area contributed by atoms with Crippen molar-refractivity contribution in [2.24, 2.45) is 0 Å². The van der Waals surface area contributed by atoms with Crippen molar-refractivity contribution >= 4 is 22.3 Å². The fraction of sp³-hybridized carbons (Fsp3) is 0.161. The number of rotatable bonds is 7. The van der Waals surface area contributed by atoms with Crippen molar-refractivity contribution in [2.75, 3.05) is 0 Å². The normalized spacial score (nSPS) is 12.5. The predicted octanol–water partition coefficient (Wildman–Crippen LogP) is 5.35. The second kappa shape index (κ2) is 9.87. The number of benzene rings is 2. The van der Waals surface area contributed by atoms with Crippen molar-refractivity contribution in [2.45, 2.75) is 32.9 Å². The highest BCUT2D eigenvalue weighted by Crippen LogP contribution is 2.33. The van der Waals surface area contributed by atoms with E-state index in [2.05, 4.69) is 29.3 Å². The Morgan fingerprint density at radius 3 is 2.72 bits per heavy atom. The first-order valence-corrected chi connectivity index (χ1v) is 12.7. The molecule has 0 atom stereocenters. The number of pyridine rings is 2. The van der Waals surface area contributed by atoms with Crippen LogP contribution in [0.3, 0.4) is 0 Å². The van der Waals surface area contributed by atoms with Crippen molar-refractivity contribution in [1.29, 1.82) is 0 Å². The van der Waals surface area contributed by atoms with Gasteiger partial charge in [-0.1, -0.05) is 24.3 Å². The van der Waals surface area contributed by atoms with Gasteiger partial charge in [0.15, 0.2) is 17.4 Å². The van der Waals surface area contributed by atoms with E-state index in [4.69, 9.17) is 5.10 Å². The second-order valence-electron chi connectivity index (χ2n) is 9.52. The van der Waals surface area contributed by atoms with E-state index >= 15 is 0 Å². The summed E-state index contributed by atoms with van der Waals surface area (Å²) in [6, 6.07) is 16.7.